The van der Waals surface area contributed by atoms with E-state index in [4.69, 9.17) is 9.16 Å². The number of carbonyl (C=O) groups excluding carboxylic acids is 1. The van der Waals surface area contributed by atoms with Gasteiger partial charge in [0, 0.05) is 11.5 Å². The fourth-order valence-corrected chi connectivity index (χ4v) is 9.45. The number of esters is 1. The smallest absolute Gasteiger partial charge is 0.330 e. The van der Waals surface area contributed by atoms with E-state index < -0.39 is 8.32 Å². The van der Waals surface area contributed by atoms with Crippen LogP contribution in [0.25, 0.3) is 0 Å². The molecule has 0 aliphatic rings. The molecule has 0 saturated heterocycles. The van der Waals surface area contributed by atoms with E-state index in [1.807, 2.05) is 26.0 Å². The molecule has 0 heterocycles. The maximum atomic E-state index is 11.7. The van der Waals surface area contributed by atoms with Gasteiger partial charge in [-0.15, -0.1) is 0 Å². The molecule has 0 saturated carbocycles. The van der Waals surface area contributed by atoms with E-state index in [0.29, 0.717) is 23.2 Å². The third kappa shape index (κ3) is 6.41. The lowest BCUT2D eigenvalue weighted by Gasteiger charge is -2.47. The molecule has 0 aromatic heterocycles. The van der Waals surface area contributed by atoms with E-state index in [1.54, 1.807) is 0 Å². The molecule has 0 rings (SSSR count). The van der Waals surface area contributed by atoms with Crippen molar-refractivity contribution in [2.45, 2.75) is 92.0 Å². The zero-order valence-corrected chi connectivity index (χ0v) is 19.1. The maximum Gasteiger partial charge on any atom is 0.330 e. The second kappa shape index (κ2) is 10.3. The van der Waals surface area contributed by atoms with E-state index in [9.17, 15) is 4.79 Å². The first-order chi connectivity index (χ1) is 11.5. The number of hydrogen-bond acceptors (Lipinski definition) is 3. The molecule has 0 aromatic carbocycles. The van der Waals surface area contributed by atoms with Crippen molar-refractivity contribution < 1.29 is 14.0 Å². The van der Waals surface area contributed by atoms with Gasteiger partial charge in [-0.25, -0.2) is 4.79 Å². The molecule has 0 N–H and O–H groups in total. The normalized spacial score (nSPS) is 15.1. The van der Waals surface area contributed by atoms with Gasteiger partial charge in [-0.1, -0.05) is 73.6 Å². The number of rotatable bonds is 10. The zero-order chi connectivity index (χ0) is 19.8. The van der Waals surface area contributed by atoms with E-state index in [-0.39, 0.29) is 17.5 Å². The summed E-state index contributed by atoms with van der Waals surface area (Å²) in [7, 11) is -2.01. The van der Waals surface area contributed by atoms with Crippen LogP contribution < -0.4 is 0 Å². The van der Waals surface area contributed by atoms with E-state index in [1.165, 1.54) is 6.08 Å². The number of ether oxygens (including phenoxy) is 1. The highest BCUT2D eigenvalue weighted by molar-refractivity contribution is 6.77. The lowest BCUT2D eigenvalue weighted by Crippen LogP contribution is -2.52. The third-order valence-electron chi connectivity index (χ3n) is 5.07. The summed E-state index contributed by atoms with van der Waals surface area (Å²) in [6, 6.07) is 0. The van der Waals surface area contributed by atoms with Gasteiger partial charge in [0.05, 0.1) is 12.7 Å². The minimum Gasteiger partial charge on any atom is -0.463 e. The van der Waals surface area contributed by atoms with Crippen LogP contribution in [0.4, 0.5) is 0 Å². The van der Waals surface area contributed by atoms with Gasteiger partial charge >= 0.3 is 5.97 Å². The first-order valence-corrected chi connectivity index (χ1v) is 11.8. The van der Waals surface area contributed by atoms with Crippen LogP contribution in [-0.2, 0) is 14.0 Å². The molecule has 0 aromatic rings. The minimum absolute atomic E-state index is 0.0676. The standard InChI is InChI=1S/C21H40O3Si/c1-11-13-19(21(9,10)15-14-20(22)23-12-2)24-25(16(3)4,17(5)6)18(7)8/h11,13-19H,12H2,1-10H3/b13-11+,15-14+. The molecule has 4 heteroatoms. The quantitative estimate of drug-likeness (QED) is 0.197. The molecule has 0 bridgehead atoms. The van der Waals surface area contributed by atoms with Crippen LogP contribution in [0.3, 0.4) is 0 Å². The van der Waals surface area contributed by atoms with Crippen LogP contribution in [0, 0.1) is 5.41 Å². The Bertz CT molecular complexity index is 440. The van der Waals surface area contributed by atoms with Gasteiger partial charge in [0.2, 0.25) is 8.32 Å². The molecule has 0 radical (unpaired) electrons. The monoisotopic (exact) mass is 368 g/mol. The topological polar surface area (TPSA) is 35.5 Å². The van der Waals surface area contributed by atoms with Crippen LogP contribution in [0.2, 0.25) is 16.6 Å². The minimum atomic E-state index is -2.01. The summed E-state index contributed by atoms with van der Waals surface area (Å²) < 4.78 is 12.0. The fourth-order valence-electron chi connectivity index (χ4n) is 3.81. The fraction of sp³-hybridized carbons (Fsp3) is 0.762. The van der Waals surface area contributed by atoms with Crippen molar-refractivity contribution in [2.24, 2.45) is 5.41 Å². The number of hydrogen-bond donors (Lipinski definition) is 0. The highest BCUT2D eigenvalue weighted by Gasteiger charge is 2.48. The molecular weight excluding hydrogens is 328 g/mol. The van der Waals surface area contributed by atoms with Crippen molar-refractivity contribution in [3.63, 3.8) is 0 Å². The summed E-state index contributed by atoms with van der Waals surface area (Å²) in [5.74, 6) is -0.296. The molecule has 0 amide bonds. The van der Waals surface area contributed by atoms with Crippen LogP contribution in [0.15, 0.2) is 24.3 Å². The predicted octanol–water partition coefficient (Wildman–Crippen LogP) is 6.27. The summed E-state index contributed by atoms with van der Waals surface area (Å²) in [5, 5.41) is 0. The second-order valence-corrected chi connectivity index (χ2v) is 13.7. The van der Waals surface area contributed by atoms with Crippen LogP contribution in [0.1, 0.15) is 69.2 Å². The summed E-state index contributed by atoms with van der Waals surface area (Å²) in [4.78, 5) is 11.7. The van der Waals surface area contributed by atoms with Crippen molar-refractivity contribution in [1.82, 2.24) is 0 Å². The van der Waals surface area contributed by atoms with Crippen LogP contribution in [-0.4, -0.2) is 27.0 Å². The Balaban J connectivity index is 5.76. The molecular formula is C21H40O3Si. The average molecular weight is 369 g/mol. The highest BCUT2D eigenvalue weighted by Crippen LogP contribution is 2.45. The number of carbonyl (C=O) groups is 1. The molecule has 0 fully saturated rings. The van der Waals surface area contributed by atoms with Gasteiger partial charge < -0.3 is 9.16 Å². The number of allylic oxidation sites excluding steroid dienone is 1. The Kier molecular flexibility index (Phi) is 9.96. The molecule has 0 aliphatic heterocycles. The third-order valence-corrected chi connectivity index (χ3v) is 11.2. The summed E-state index contributed by atoms with van der Waals surface area (Å²) in [6.45, 7) is 22.2. The van der Waals surface area contributed by atoms with Gasteiger partial charge in [0.15, 0.2) is 0 Å². The second-order valence-electron chi connectivity index (χ2n) is 8.29. The Labute approximate surface area is 157 Å². The van der Waals surface area contributed by atoms with E-state index >= 15 is 0 Å². The first-order valence-electron chi connectivity index (χ1n) is 9.62. The Hall–Kier alpha value is -0.873. The van der Waals surface area contributed by atoms with Gasteiger partial charge in [-0.05, 0) is 30.5 Å². The van der Waals surface area contributed by atoms with E-state index in [2.05, 4.69) is 61.5 Å². The molecule has 0 spiro atoms. The van der Waals surface area contributed by atoms with Gasteiger partial charge in [0.25, 0.3) is 0 Å². The Morgan fingerprint density at radius 3 is 1.88 bits per heavy atom. The molecule has 3 nitrogen and oxygen atoms in total. The van der Waals surface area contributed by atoms with Crippen molar-refractivity contribution in [3.05, 3.63) is 24.3 Å². The summed E-state index contributed by atoms with van der Waals surface area (Å²) in [5.41, 5.74) is 1.26. The maximum absolute atomic E-state index is 11.7. The van der Waals surface area contributed by atoms with Crippen molar-refractivity contribution >= 4 is 14.3 Å². The van der Waals surface area contributed by atoms with Crippen LogP contribution in [0.5, 0.6) is 0 Å². The largest absolute Gasteiger partial charge is 0.463 e. The van der Waals surface area contributed by atoms with Gasteiger partial charge in [-0.2, -0.15) is 0 Å². The zero-order valence-electron chi connectivity index (χ0n) is 18.1. The van der Waals surface area contributed by atoms with Crippen molar-refractivity contribution in [2.75, 3.05) is 6.61 Å². The molecule has 25 heavy (non-hydrogen) atoms. The summed E-state index contributed by atoms with van der Waals surface area (Å²) >= 11 is 0. The lowest BCUT2D eigenvalue weighted by atomic mass is 9.86. The Morgan fingerprint density at radius 1 is 1.04 bits per heavy atom. The summed E-state index contributed by atoms with van der Waals surface area (Å²) in [6.07, 6.45) is 7.57. The lowest BCUT2D eigenvalue weighted by molar-refractivity contribution is -0.137. The molecule has 1 unspecified atom stereocenters. The predicted molar refractivity (Wildman–Crippen MR) is 110 cm³/mol. The first kappa shape index (κ1) is 24.1. The molecule has 146 valence electrons. The average Bonchev–Trinajstić information content (AvgIpc) is 2.48. The van der Waals surface area contributed by atoms with Crippen LogP contribution >= 0.6 is 0 Å². The van der Waals surface area contributed by atoms with Gasteiger partial charge in [-0.3, -0.25) is 0 Å². The van der Waals surface area contributed by atoms with Crippen molar-refractivity contribution in [1.29, 1.82) is 0 Å². The molecule has 1 atom stereocenters. The van der Waals surface area contributed by atoms with Crippen molar-refractivity contribution in [3.8, 4) is 0 Å². The van der Waals surface area contributed by atoms with E-state index in [0.717, 1.165) is 0 Å². The molecule has 0 aliphatic carbocycles. The SMILES string of the molecule is C/C=C/C(O[Si](C(C)C)(C(C)C)C(C)C)C(C)(C)/C=C/C(=O)OCC. The van der Waals surface area contributed by atoms with Gasteiger partial charge in [0.1, 0.15) is 0 Å². The Morgan fingerprint density at radius 2 is 1.52 bits per heavy atom. The highest BCUT2D eigenvalue weighted by atomic mass is 28.4.